The molecule has 8 bridgehead atoms. The lowest BCUT2D eigenvalue weighted by atomic mass is 9.88. The topological polar surface area (TPSA) is 72.2 Å². The highest BCUT2D eigenvalue weighted by molar-refractivity contribution is 5.59. The smallest absolute Gasteiger partial charge is 0.243 e. The average molecular weight is 1480 g/mol. The van der Waals surface area contributed by atoms with Crippen LogP contribution in [0.4, 0.5) is 0 Å². The van der Waals surface area contributed by atoms with Crippen LogP contribution in [0.1, 0.15) is 351 Å². The Morgan fingerprint density at radius 1 is 0.231 bits per heavy atom. The van der Waals surface area contributed by atoms with Crippen LogP contribution in [0.5, 0.6) is 23.0 Å². The Labute approximate surface area is 656 Å². The summed E-state index contributed by atoms with van der Waals surface area (Å²) in [5.41, 5.74) is 14.8. The number of nitrogens with zero attached hydrogens (tertiary/aromatic N) is 8. The Bertz CT molecular complexity index is 3210. The standard InChI is InChI=1S/C96H148N8O4/c1-9-13-17-21-25-29-33-37-41-45-57-105-93-85-61-81(73-101-53-49-97(5)77-101)62-86(93)70-88-64-83(75-103-55-51-99(7)79-103)66-90(95(88)107-59-47-43-39-35-31-27-23-19-15-11-3)72-92-68-84(76-104-56-52-100(8)80-104)67-91(96(92)108-60-48-44-40-36-32-28-24-20-16-12-4)71-89-65-82(74-102-54-50-98(6)78-102)63-87(69-85)94(89)106-58-46-42-38-34-30-26-22-18-14-10-2/h49-56,61-68,77-80H,9-48,57-60,69-76H2,1-8H3/q+4. The van der Waals surface area contributed by atoms with Crippen molar-refractivity contribution < 1.29 is 37.2 Å². The molecule has 0 unspecified atom stereocenters. The van der Waals surface area contributed by atoms with Crippen LogP contribution in [-0.2, 0) is 80.1 Å². The molecule has 0 fully saturated rings. The molecular weight excluding hydrogens is 1330 g/mol. The highest BCUT2D eigenvalue weighted by atomic mass is 16.5. The number of ether oxygens (including phenoxy) is 4. The molecule has 1 aliphatic carbocycles. The molecule has 1 aliphatic rings. The van der Waals surface area contributed by atoms with Gasteiger partial charge in [0.15, 0.2) is 0 Å². The van der Waals surface area contributed by atoms with Gasteiger partial charge in [0.25, 0.3) is 0 Å². The molecule has 8 aromatic rings. The number of rotatable bonds is 56. The van der Waals surface area contributed by atoms with Crippen molar-refractivity contribution in [2.75, 3.05) is 26.4 Å². The minimum absolute atomic E-state index is 0.650. The second kappa shape index (κ2) is 49.2. The van der Waals surface area contributed by atoms with Crippen molar-refractivity contribution in [3.05, 3.63) is 190 Å². The number of aryl methyl sites for hydroxylation is 4. The van der Waals surface area contributed by atoms with Crippen LogP contribution in [0.2, 0.25) is 0 Å². The van der Waals surface area contributed by atoms with Gasteiger partial charge in [-0.25, -0.2) is 36.5 Å². The average Bonchev–Trinajstić information content (AvgIpc) is 1.04. The molecule has 0 amide bonds. The van der Waals surface area contributed by atoms with Crippen LogP contribution in [0.3, 0.4) is 0 Å². The SMILES string of the molecule is CCCCCCCCCCCCOc1c2cc(Cn3cc[n+](C)c3)cc1Cc1cc(Cn3cc[n+](C)c3)cc(c1OCCCCCCCCCCCC)Cc1cc(Cn3cc[n+](C)c3)cc(c1OCCCCCCCCCCCC)Cc1cc(Cn3cc[n+](C)c3)cc(c1OCCCCCCCCCCCC)C2. The fourth-order valence-electron chi connectivity index (χ4n) is 16.6. The van der Waals surface area contributed by atoms with E-state index in [1.165, 1.54) is 272 Å². The van der Waals surface area contributed by atoms with Crippen LogP contribution < -0.4 is 37.2 Å². The number of imidazole rings is 4. The molecule has 0 atom stereocenters. The van der Waals surface area contributed by atoms with E-state index in [-0.39, 0.29) is 0 Å². The first kappa shape index (κ1) is 84.9. The molecule has 12 nitrogen and oxygen atoms in total. The van der Waals surface area contributed by atoms with Gasteiger partial charge in [-0.2, -0.15) is 0 Å². The van der Waals surface area contributed by atoms with Crippen molar-refractivity contribution in [2.24, 2.45) is 28.2 Å². The number of unbranched alkanes of at least 4 members (excludes halogenated alkanes) is 36. The Hall–Kier alpha value is -7.08. The summed E-state index contributed by atoms with van der Waals surface area (Å²) in [6.45, 7) is 14.9. The van der Waals surface area contributed by atoms with E-state index < -0.39 is 0 Å². The molecule has 108 heavy (non-hydrogen) atoms. The predicted molar refractivity (Wildman–Crippen MR) is 445 cm³/mol. The van der Waals surface area contributed by atoms with E-state index in [2.05, 4.69) is 216 Å². The van der Waals surface area contributed by atoms with Crippen LogP contribution in [0.15, 0.2) is 123 Å². The summed E-state index contributed by atoms with van der Waals surface area (Å²) in [5, 5.41) is 0. The van der Waals surface area contributed by atoms with Crippen LogP contribution in [0, 0.1) is 0 Å². The van der Waals surface area contributed by atoms with Crippen LogP contribution >= 0.6 is 0 Å². The van der Waals surface area contributed by atoms with E-state index in [9.17, 15) is 0 Å². The normalized spacial score (nSPS) is 12.2. The highest BCUT2D eigenvalue weighted by Gasteiger charge is 2.27. The minimum atomic E-state index is 0.650. The van der Waals surface area contributed by atoms with E-state index in [1.807, 2.05) is 0 Å². The lowest BCUT2D eigenvalue weighted by Gasteiger charge is -2.25. The molecule has 9 rings (SSSR count). The van der Waals surface area contributed by atoms with Gasteiger partial charge in [0, 0.05) is 25.7 Å². The maximum atomic E-state index is 7.60. The summed E-state index contributed by atoms with van der Waals surface area (Å²) in [6, 6.07) is 20.0. The first-order chi connectivity index (χ1) is 53.0. The van der Waals surface area contributed by atoms with Crippen molar-refractivity contribution in [1.29, 1.82) is 0 Å². The molecule has 592 valence electrons. The quantitative estimate of drug-likeness (QED) is 0.0281. The number of hydrogen-bond donors (Lipinski definition) is 0. The molecule has 4 aromatic carbocycles. The zero-order chi connectivity index (χ0) is 75.6. The summed E-state index contributed by atoms with van der Waals surface area (Å²) in [5.74, 6) is 4.08. The number of aromatic nitrogens is 8. The van der Waals surface area contributed by atoms with E-state index in [1.54, 1.807) is 0 Å². The molecule has 4 heterocycles. The lowest BCUT2D eigenvalue weighted by molar-refractivity contribution is -0.671. The second-order valence-electron chi connectivity index (χ2n) is 32.8. The largest absolute Gasteiger partial charge is 0.493 e. The third-order valence-electron chi connectivity index (χ3n) is 22.5. The van der Waals surface area contributed by atoms with Gasteiger partial charge in [-0.3, -0.25) is 0 Å². The predicted octanol–water partition coefficient (Wildman–Crippen LogP) is 22.3. The third-order valence-corrected chi connectivity index (χ3v) is 22.5. The van der Waals surface area contributed by atoms with E-state index >= 15 is 0 Å². The minimum Gasteiger partial charge on any atom is -0.493 e. The molecule has 0 aliphatic heterocycles. The van der Waals surface area contributed by atoms with Crippen LogP contribution in [0.25, 0.3) is 0 Å². The summed E-state index contributed by atoms with van der Waals surface area (Å²) >= 11 is 0. The Morgan fingerprint density at radius 2 is 0.389 bits per heavy atom. The van der Waals surface area contributed by atoms with Crippen LogP contribution in [-0.4, -0.2) is 44.7 Å². The molecule has 0 saturated carbocycles. The van der Waals surface area contributed by atoms with Gasteiger partial charge in [0.1, 0.15) is 98.8 Å². The molecule has 0 spiro atoms. The summed E-state index contributed by atoms with van der Waals surface area (Å²) in [6.07, 6.45) is 80.1. The Morgan fingerprint density at radius 3 is 0.537 bits per heavy atom. The zero-order valence-corrected chi connectivity index (χ0v) is 69.5. The molecule has 4 aromatic heterocycles. The molecular formula is C96H148N8O4+4. The van der Waals surface area contributed by atoms with Gasteiger partial charge in [0.05, 0.1) is 54.6 Å². The Balaban J connectivity index is 1.22. The van der Waals surface area contributed by atoms with Crippen molar-refractivity contribution in [3.63, 3.8) is 0 Å². The maximum absolute atomic E-state index is 7.60. The maximum Gasteiger partial charge on any atom is 0.243 e. The highest BCUT2D eigenvalue weighted by Crippen LogP contribution is 2.42. The van der Waals surface area contributed by atoms with Crippen molar-refractivity contribution in [1.82, 2.24) is 18.3 Å². The summed E-state index contributed by atoms with van der Waals surface area (Å²) < 4.78 is 48.4. The second-order valence-corrected chi connectivity index (χ2v) is 32.8. The fraction of sp³-hybridized carbons (Fsp3) is 0.625. The third kappa shape index (κ3) is 30.3. The fourth-order valence-corrected chi connectivity index (χ4v) is 16.6. The first-order valence-electron chi connectivity index (χ1n) is 44.2. The monoisotopic (exact) mass is 1480 g/mol. The van der Waals surface area contributed by atoms with E-state index in [4.69, 9.17) is 18.9 Å². The van der Waals surface area contributed by atoms with E-state index in [0.29, 0.717) is 52.1 Å². The molecule has 0 saturated heterocycles. The summed E-state index contributed by atoms with van der Waals surface area (Å²) in [7, 11) is 8.52. The zero-order valence-electron chi connectivity index (χ0n) is 69.5. The van der Waals surface area contributed by atoms with Gasteiger partial charge < -0.3 is 18.9 Å². The van der Waals surface area contributed by atoms with Gasteiger partial charge in [-0.05, 0) is 141 Å². The van der Waals surface area contributed by atoms with Crippen molar-refractivity contribution >= 4 is 0 Å². The van der Waals surface area contributed by atoms with Crippen molar-refractivity contribution in [2.45, 2.75) is 336 Å². The van der Waals surface area contributed by atoms with E-state index in [0.717, 1.165) is 101 Å². The number of fused-ring (bicyclic) bond motifs is 8. The molecule has 12 heteroatoms. The molecule has 0 radical (unpaired) electrons. The van der Waals surface area contributed by atoms with Gasteiger partial charge >= 0.3 is 0 Å². The van der Waals surface area contributed by atoms with Gasteiger partial charge in [-0.15, -0.1) is 0 Å². The van der Waals surface area contributed by atoms with Gasteiger partial charge in [-0.1, -0.05) is 259 Å². The number of hydrogen-bond acceptors (Lipinski definition) is 4. The first-order valence-corrected chi connectivity index (χ1v) is 44.2. The van der Waals surface area contributed by atoms with Gasteiger partial charge in [0.2, 0.25) is 25.3 Å². The molecule has 0 N–H and O–H groups in total. The summed E-state index contributed by atoms with van der Waals surface area (Å²) in [4.78, 5) is 0. The Kier molecular flexibility index (Phi) is 38.7. The lowest BCUT2D eigenvalue weighted by Crippen LogP contribution is -2.23. The van der Waals surface area contributed by atoms with Crippen molar-refractivity contribution in [3.8, 4) is 23.0 Å². The number of benzene rings is 4.